The van der Waals surface area contributed by atoms with Gasteiger partial charge in [-0.15, -0.1) is 0 Å². The van der Waals surface area contributed by atoms with Crippen LogP contribution in [0.3, 0.4) is 0 Å². The molecule has 2 aliphatic rings. The van der Waals surface area contributed by atoms with E-state index in [0.717, 1.165) is 48.9 Å². The molecule has 0 unspecified atom stereocenters. The zero-order valence-electron chi connectivity index (χ0n) is 25.2. The molecule has 0 aliphatic carbocycles. The number of hydrogen-bond acceptors (Lipinski definition) is 5. The molecule has 240 valence electrons. The molecule has 9 nitrogen and oxygen atoms in total. The van der Waals surface area contributed by atoms with E-state index in [-0.39, 0.29) is 11.7 Å². The number of carbonyl (C=O) groups is 2. The Labute approximate surface area is 255 Å². The van der Waals surface area contributed by atoms with Crippen molar-refractivity contribution in [1.29, 1.82) is 0 Å². The van der Waals surface area contributed by atoms with Crippen molar-refractivity contribution in [1.82, 2.24) is 19.1 Å². The number of alkyl halides is 3. The van der Waals surface area contributed by atoms with Crippen LogP contribution in [-0.4, -0.2) is 95.7 Å². The minimum absolute atomic E-state index is 0.0369. The monoisotopic (exact) mass is 636 g/mol. The molecule has 5 rings (SSSR count). The van der Waals surface area contributed by atoms with Gasteiger partial charge in [0.25, 0.3) is 5.91 Å². The number of fused-ring (bicyclic) bond motifs is 1. The summed E-state index contributed by atoms with van der Waals surface area (Å²) in [6, 6.07) is 14.7. The topological polar surface area (TPSA) is 114 Å². The number of H-pyrrole nitrogens is 1. The molecule has 0 saturated carbocycles. The molecule has 44 heavy (non-hydrogen) atoms. The summed E-state index contributed by atoms with van der Waals surface area (Å²) in [5.74, 6) is -2.12. The van der Waals surface area contributed by atoms with Crippen molar-refractivity contribution in [2.45, 2.75) is 52.3 Å². The number of aliphatic carboxylic acids is 1. The van der Waals surface area contributed by atoms with E-state index in [1.165, 1.54) is 21.0 Å². The first-order valence-corrected chi connectivity index (χ1v) is 16.3. The predicted molar refractivity (Wildman–Crippen MR) is 162 cm³/mol. The summed E-state index contributed by atoms with van der Waals surface area (Å²) in [5, 5.41) is 8.22. The van der Waals surface area contributed by atoms with E-state index in [1.807, 2.05) is 18.2 Å². The average molecular weight is 637 g/mol. The maximum atomic E-state index is 13.7. The van der Waals surface area contributed by atoms with E-state index in [4.69, 9.17) is 9.90 Å². The SMILES string of the molecule is CCS(=O)(=O)N1CCN(C(=O)c2[nH]c3ccccc3c2CN2CCC(c3c(C)cccc3C)CC2)CC1.O=C(O)C(F)(F)F. The number of hydrogen-bond donors (Lipinski definition) is 2. The van der Waals surface area contributed by atoms with E-state index in [0.29, 0.717) is 37.8 Å². The Morgan fingerprint density at radius 1 is 0.932 bits per heavy atom. The number of sulfonamides is 1. The van der Waals surface area contributed by atoms with Gasteiger partial charge in [0.2, 0.25) is 10.0 Å². The molecule has 0 atom stereocenters. The number of halogens is 3. The van der Waals surface area contributed by atoms with Crippen LogP contribution in [-0.2, 0) is 21.4 Å². The third-order valence-corrected chi connectivity index (χ3v) is 10.4. The standard InChI is InChI=1S/C29H38N4O3S.C2HF3O2/c1-4-37(35,36)33-18-16-32(17-19-33)29(34)28-25(24-10-5-6-11-26(24)30-28)20-31-14-12-23(13-15-31)27-21(2)8-7-9-22(27)3;3-2(4,5)1(6)7/h5-11,23,30H,4,12-20H2,1-3H3;(H,6,7). The number of carbonyl (C=O) groups excluding carboxylic acids is 1. The molecular formula is C31H39F3N4O5S. The molecule has 0 bridgehead atoms. The fourth-order valence-corrected chi connectivity index (χ4v) is 7.22. The molecule has 1 aromatic heterocycles. The second kappa shape index (κ2) is 13.7. The molecule has 13 heteroatoms. The Morgan fingerprint density at radius 2 is 1.50 bits per heavy atom. The van der Waals surface area contributed by atoms with Crippen LogP contribution >= 0.6 is 0 Å². The number of nitrogens with one attached hydrogen (secondary N) is 1. The van der Waals surface area contributed by atoms with Crippen LogP contribution in [0, 0.1) is 13.8 Å². The van der Waals surface area contributed by atoms with E-state index >= 15 is 0 Å². The summed E-state index contributed by atoms with van der Waals surface area (Å²) in [4.78, 5) is 30.2. The van der Waals surface area contributed by atoms with Crippen LogP contribution in [0.2, 0.25) is 0 Å². The van der Waals surface area contributed by atoms with Gasteiger partial charge < -0.3 is 15.0 Å². The first-order chi connectivity index (χ1) is 20.7. The number of aryl methyl sites for hydroxylation is 2. The second-order valence-corrected chi connectivity index (χ2v) is 13.5. The van der Waals surface area contributed by atoms with Gasteiger partial charge >= 0.3 is 12.1 Å². The van der Waals surface area contributed by atoms with Crippen LogP contribution in [0.25, 0.3) is 10.9 Å². The lowest BCUT2D eigenvalue weighted by molar-refractivity contribution is -0.192. The summed E-state index contributed by atoms with van der Waals surface area (Å²) >= 11 is 0. The molecule has 3 aromatic rings. The summed E-state index contributed by atoms with van der Waals surface area (Å²) in [6.45, 7) is 10.3. The summed E-state index contributed by atoms with van der Waals surface area (Å²) in [5.41, 5.74) is 6.94. The highest BCUT2D eigenvalue weighted by Gasteiger charge is 2.38. The highest BCUT2D eigenvalue weighted by molar-refractivity contribution is 7.89. The van der Waals surface area contributed by atoms with Crippen molar-refractivity contribution in [2.75, 3.05) is 45.0 Å². The normalized spacial score (nSPS) is 17.4. The van der Waals surface area contributed by atoms with Gasteiger partial charge in [-0.05, 0) is 75.4 Å². The number of amides is 1. The number of likely N-dealkylation sites (tertiary alicyclic amines) is 1. The van der Waals surface area contributed by atoms with Crippen LogP contribution in [0.15, 0.2) is 42.5 Å². The average Bonchev–Trinajstić information content (AvgIpc) is 3.35. The number of piperazine rings is 1. The van der Waals surface area contributed by atoms with Gasteiger partial charge in [0.15, 0.2) is 0 Å². The number of carboxylic acid groups (broad SMARTS) is 1. The highest BCUT2D eigenvalue weighted by Crippen LogP contribution is 2.34. The Hall–Kier alpha value is -3.42. The highest BCUT2D eigenvalue weighted by atomic mass is 32.2. The molecular weight excluding hydrogens is 597 g/mol. The van der Waals surface area contributed by atoms with Gasteiger partial charge in [0, 0.05) is 49.2 Å². The quantitative estimate of drug-likeness (QED) is 0.398. The molecule has 2 N–H and O–H groups in total. The number of nitrogens with zero attached hydrogens (tertiary/aromatic N) is 3. The summed E-state index contributed by atoms with van der Waals surface area (Å²) < 4.78 is 57.8. The number of aromatic nitrogens is 1. The van der Waals surface area contributed by atoms with Crippen molar-refractivity contribution < 1.29 is 36.3 Å². The van der Waals surface area contributed by atoms with Crippen molar-refractivity contribution in [2.24, 2.45) is 0 Å². The van der Waals surface area contributed by atoms with E-state index in [1.54, 1.807) is 11.8 Å². The van der Waals surface area contributed by atoms with Crippen LogP contribution in [0.4, 0.5) is 13.2 Å². The summed E-state index contributed by atoms with van der Waals surface area (Å²) in [7, 11) is -3.23. The minimum Gasteiger partial charge on any atom is -0.475 e. The number of benzene rings is 2. The Balaban J connectivity index is 0.000000566. The lowest BCUT2D eigenvalue weighted by Gasteiger charge is -2.35. The third kappa shape index (κ3) is 7.62. The maximum Gasteiger partial charge on any atom is 0.490 e. The zero-order chi connectivity index (χ0) is 32.2. The van der Waals surface area contributed by atoms with E-state index in [2.05, 4.69) is 48.0 Å². The first kappa shape index (κ1) is 33.5. The number of carboxylic acids is 1. The molecule has 2 fully saturated rings. The Bertz CT molecular complexity index is 1570. The number of aromatic amines is 1. The van der Waals surface area contributed by atoms with Crippen molar-refractivity contribution in [3.05, 3.63) is 70.4 Å². The van der Waals surface area contributed by atoms with Crippen molar-refractivity contribution >= 4 is 32.8 Å². The van der Waals surface area contributed by atoms with E-state index in [9.17, 15) is 26.4 Å². The van der Waals surface area contributed by atoms with Gasteiger partial charge in [0.05, 0.1) is 5.75 Å². The molecule has 0 spiro atoms. The molecule has 1 amide bonds. The van der Waals surface area contributed by atoms with E-state index < -0.39 is 22.2 Å². The van der Waals surface area contributed by atoms with Crippen LogP contribution < -0.4 is 0 Å². The number of piperidine rings is 1. The van der Waals surface area contributed by atoms with Gasteiger partial charge in [-0.1, -0.05) is 36.4 Å². The third-order valence-electron chi connectivity index (χ3n) is 8.47. The van der Waals surface area contributed by atoms with Gasteiger partial charge in [0.1, 0.15) is 5.69 Å². The van der Waals surface area contributed by atoms with Crippen molar-refractivity contribution in [3.8, 4) is 0 Å². The predicted octanol–water partition coefficient (Wildman–Crippen LogP) is 4.91. The number of para-hydroxylation sites is 1. The molecule has 2 aliphatic heterocycles. The Kier molecular flexibility index (Phi) is 10.4. The maximum absolute atomic E-state index is 13.7. The largest absolute Gasteiger partial charge is 0.490 e. The second-order valence-electron chi connectivity index (χ2n) is 11.3. The molecule has 2 aromatic carbocycles. The first-order valence-electron chi connectivity index (χ1n) is 14.7. The smallest absolute Gasteiger partial charge is 0.475 e. The Morgan fingerprint density at radius 3 is 2.05 bits per heavy atom. The van der Waals surface area contributed by atoms with Gasteiger partial charge in [-0.25, -0.2) is 13.2 Å². The molecule has 2 saturated heterocycles. The molecule has 0 radical (unpaired) electrons. The van der Waals surface area contributed by atoms with Crippen LogP contribution in [0.5, 0.6) is 0 Å². The fourth-order valence-electron chi connectivity index (χ4n) is 6.13. The van der Waals surface area contributed by atoms with Gasteiger partial charge in [-0.2, -0.15) is 17.5 Å². The van der Waals surface area contributed by atoms with Gasteiger partial charge in [-0.3, -0.25) is 9.69 Å². The summed E-state index contributed by atoms with van der Waals surface area (Å²) in [6.07, 6.45) is -2.85. The molecule has 3 heterocycles. The lowest BCUT2D eigenvalue weighted by Crippen LogP contribution is -2.51. The zero-order valence-corrected chi connectivity index (χ0v) is 26.0. The fraction of sp³-hybridized carbons (Fsp3) is 0.484. The lowest BCUT2D eigenvalue weighted by atomic mass is 9.84. The van der Waals surface area contributed by atoms with Crippen molar-refractivity contribution in [3.63, 3.8) is 0 Å². The van der Waals surface area contributed by atoms with Crippen LogP contribution in [0.1, 0.15) is 58.4 Å². The number of rotatable bonds is 6. The minimum atomic E-state index is -5.08.